The van der Waals surface area contributed by atoms with Crippen LogP contribution in [0.1, 0.15) is 30.9 Å². The number of anilines is 1. The Labute approximate surface area is 217 Å². The number of imidazole rings is 1. The molecule has 6 rings (SSSR count). The monoisotopic (exact) mass is 489 g/mol. The minimum atomic E-state index is 0.241. The van der Waals surface area contributed by atoms with Crippen LogP contribution in [0.15, 0.2) is 72.8 Å². The summed E-state index contributed by atoms with van der Waals surface area (Å²) in [5, 5.41) is 12.4. The normalized spacial score (nSPS) is 14.6. The molecule has 1 aliphatic rings. The highest BCUT2D eigenvalue weighted by atomic mass is 16.5. The lowest BCUT2D eigenvalue weighted by Gasteiger charge is -2.36. The van der Waals surface area contributed by atoms with Crippen molar-refractivity contribution >= 4 is 33.3 Å². The highest BCUT2D eigenvalue weighted by Gasteiger charge is 2.24. The Balaban J connectivity index is 1.20. The summed E-state index contributed by atoms with van der Waals surface area (Å²) >= 11 is 0. The quantitative estimate of drug-likeness (QED) is 0.300. The fraction of sp³-hybridized carbons (Fsp3) is 0.290. The van der Waals surface area contributed by atoms with Crippen molar-refractivity contribution < 1.29 is 4.74 Å². The van der Waals surface area contributed by atoms with Crippen LogP contribution in [-0.2, 0) is 0 Å². The summed E-state index contributed by atoms with van der Waals surface area (Å²) in [6.07, 6.45) is 0. The number of nitriles is 1. The van der Waals surface area contributed by atoms with Gasteiger partial charge in [-0.1, -0.05) is 62.4 Å². The minimum absolute atomic E-state index is 0.241. The number of ether oxygens (including phenoxy) is 1. The van der Waals surface area contributed by atoms with Crippen LogP contribution < -0.4 is 9.64 Å². The number of benzene rings is 3. The maximum Gasteiger partial charge on any atom is 0.157 e. The number of nitrogens with zero attached hydrogens (tertiary/aromatic N) is 5. The summed E-state index contributed by atoms with van der Waals surface area (Å²) in [7, 11) is 0. The third-order valence-electron chi connectivity index (χ3n) is 7.43. The van der Waals surface area contributed by atoms with Gasteiger partial charge in [-0.2, -0.15) is 5.26 Å². The second-order valence-electron chi connectivity index (χ2n) is 10.0. The van der Waals surface area contributed by atoms with Crippen molar-refractivity contribution in [1.29, 1.82) is 5.26 Å². The largest absolute Gasteiger partial charge is 0.492 e. The molecule has 37 heavy (non-hydrogen) atoms. The molecular weight excluding hydrogens is 458 g/mol. The van der Waals surface area contributed by atoms with Crippen LogP contribution in [0.2, 0.25) is 0 Å². The van der Waals surface area contributed by atoms with E-state index in [0.29, 0.717) is 12.2 Å². The van der Waals surface area contributed by atoms with E-state index in [2.05, 4.69) is 88.7 Å². The molecule has 3 heterocycles. The topological polar surface area (TPSA) is 56.8 Å². The van der Waals surface area contributed by atoms with Gasteiger partial charge in [0.05, 0.1) is 16.6 Å². The van der Waals surface area contributed by atoms with Gasteiger partial charge in [0, 0.05) is 38.1 Å². The van der Waals surface area contributed by atoms with E-state index in [1.165, 1.54) is 5.39 Å². The van der Waals surface area contributed by atoms with Crippen LogP contribution >= 0.6 is 0 Å². The number of hydrogen-bond donors (Lipinski definition) is 0. The van der Waals surface area contributed by atoms with Crippen molar-refractivity contribution in [2.24, 2.45) is 0 Å². The van der Waals surface area contributed by atoms with Crippen LogP contribution in [-0.4, -0.2) is 53.6 Å². The lowest BCUT2D eigenvalue weighted by molar-refractivity contribution is 0.201. The number of hydrogen-bond acceptors (Lipinski definition) is 5. The number of aromatic nitrogens is 2. The first kappa shape index (κ1) is 23.3. The molecule has 0 saturated carbocycles. The van der Waals surface area contributed by atoms with E-state index >= 15 is 0 Å². The summed E-state index contributed by atoms with van der Waals surface area (Å²) < 4.78 is 8.38. The van der Waals surface area contributed by atoms with Gasteiger partial charge in [-0.15, -0.1) is 0 Å². The molecule has 5 aromatic rings. The Hall–Kier alpha value is -4.08. The van der Waals surface area contributed by atoms with Gasteiger partial charge in [0.1, 0.15) is 24.2 Å². The molecule has 1 fully saturated rings. The zero-order chi connectivity index (χ0) is 25.4. The van der Waals surface area contributed by atoms with Gasteiger partial charge in [-0.3, -0.25) is 9.30 Å². The lowest BCUT2D eigenvalue weighted by atomic mass is 9.98. The summed E-state index contributed by atoms with van der Waals surface area (Å²) in [5.74, 6) is 2.31. The molecule has 0 radical (unpaired) electrons. The molecule has 0 spiro atoms. The predicted molar refractivity (Wildman–Crippen MR) is 150 cm³/mol. The molecule has 0 atom stereocenters. The third kappa shape index (κ3) is 4.26. The van der Waals surface area contributed by atoms with Gasteiger partial charge in [0.2, 0.25) is 0 Å². The Kier molecular flexibility index (Phi) is 6.15. The van der Waals surface area contributed by atoms with Gasteiger partial charge in [-0.25, -0.2) is 4.98 Å². The number of piperazine rings is 1. The first-order chi connectivity index (χ1) is 18.1. The molecule has 0 N–H and O–H groups in total. The van der Waals surface area contributed by atoms with Crippen LogP contribution in [0.5, 0.6) is 5.75 Å². The van der Waals surface area contributed by atoms with E-state index in [1.807, 2.05) is 18.2 Å². The van der Waals surface area contributed by atoms with Crippen molar-refractivity contribution in [3.8, 4) is 11.8 Å². The minimum Gasteiger partial charge on any atom is -0.492 e. The van der Waals surface area contributed by atoms with Gasteiger partial charge in [0.25, 0.3) is 0 Å². The Morgan fingerprint density at radius 2 is 1.70 bits per heavy atom. The van der Waals surface area contributed by atoms with Crippen LogP contribution in [0.3, 0.4) is 0 Å². The second-order valence-corrected chi connectivity index (χ2v) is 10.0. The van der Waals surface area contributed by atoms with E-state index in [9.17, 15) is 5.26 Å². The summed E-state index contributed by atoms with van der Waals surface area (Å²) in [5.41, 5.74) is 4.47. The van der Waals surface area contributed by atoms with Gasteiger partial charge in [-0.05, 0) is 41.1 Å². The summed E-state index contributed by atoms with van der Waals surface area (Å²) in [6, 6.07) is 27.4. The molecule has 0 bridgehead atoms. The zero-order valence-corrected chi connectivity index (χ0v) is 21.4. The molecule has 0 unspecified atom stereocenters. The van der Waals surface area contributed by atoms with Gasteiger partial charge >= 0.3 is 0 Å². The number of pyridine rings is 1. The molecular formula is C31H31N5O. The van der Waals surface area contributed by atoms with E-state index < -0.39 is 0 Å². The summed E-state index contributed by atoms with van der Waals surface area (Å²) in [4.78, 5) is 9.79. The Bertz CT molecular complexity index is 1620. The van der Waals surface area contributed by atoms with Crippen molar-refractivity contribution in [2.75, 3.05) is 44.2 Å². The van der Waals surface area contributed by atoms with E-state index in [0.717, 1.165) is 71.9 Å². The first-order valence-electron chi connectivity index (χ1n) is 13.1. The molecule has 0 amide bonds. The number of para-hydroxylation sites is 2. The molecule has 1 saturated heterocycles. The predicted octanol–water partition coefficient (Wildman–Crippen LogP) is 5.84. The first-order valence-corrected chi connectivity index (χ1v) is 13.1. The molecule has 0 aliphatic carbocycles. The van der Waals surface area contributed by atoms with Crippen molar-refractivity contribution in [2.45, 2.75) is 19.8 Å². The molecule has 186 valence electrons. The van der Waals surface area contributed by atoms with Crippen molar-refractivity contribution in [1.82, 2.24) is 14.3 Å². The van der Waals surface area contributed by atoms with Crippen molar-refractivity contribution in [3.05, 3.63) is 83.9 Å². The fourth-order valence-corrected chi connectivity index (χ4v) is 5.44. The average molecular weight is 490 g/mol. The van der Waals surface area contributed by atoms with E-state index in [4.69, 9.17) is 9.72 Å². The average Bonchev–Trinajstić information content (AvgIpc) is 3.32. The number of rotatable bonds is 6. The van der Waals surface area contributed by atoms with Crippen LogP contribution in [0.25, 0.3) is 27.5 Å². The smallest absolute Gasteiger partial charge is 0.157 e. The zero-order valence-electron chi connectivity index (χ0n) is 21.4. The molecule has 1 aliphatic heterocycles. The second kappa shape index (κ2) is 9.76. The summed E-state index contributed by atoms with van der Waals surface area (Å²) in [6.45, 7) is 9.61. The van der Waals surface area contributed by atoms with Gasteiger partial charge in [0.15, 0.2) is 5.65 Å². The SMILES string of the molecule is CC(C)c1cc(N2CCN(CCOc3cccc4ccccc34)CC2)n2c(nc3ccccc32)c1C#N. The maximum absolute atomic E-state index is 10.0. The molecule has 2 aromatic heterocycles. The molecule has 6 nitrogen and oxygen atoms in total. The Morgan fingerprint density at radius 1 is 0.946 bits per heavy atom. The van der Waals surface area contributed by atoms with Crippen LogP contribution in [0.4, 0.5) is 5.82 Å². The molecule has 3 aromatic carbocycles. The standard InChI is InChI=1S/C31H31N5O/c1-22(2)25-20-30(36-28-12-6-5-11-27(28)33-31(36)26(25)21-32)35-16-14-34(15-17-35)18-19-37-29-13-7-9-23-8-3-4-10-24(23)29/h3-13,20,22H,14-19H2,1-2H3. The fourth-order valence-electron chi connectivity index (χ4n) is 5.44. The van der Waals surface area contributed by atoms with Crippen LogP contribution in [0, 0.1) is 11.3 Å². The molecule has 6 heteroatoms. The third-order valence-corrected chi connectivity index (χ3v) is 7.43. The number of fused-ring (bicyclic) bond motifs is 4. The van der Waals surface area contributed by atoms with Gasteiger partial charge < -0.3 is 9.64 Å². The van der Waals surface area contributed by atoms with E-state index in [-0.39, 0.29) is 5.92 Å². The lowest BCUT2D eigenvalue weighted by Crippen LogP contribution is -2.48. The van der Waals surface area contributed by atoms with E-state index in [1.54, 1.807) is 0 Å². The highest BCUT2D eigenvalue weighted by Crippen LogP contribution is 2.33. The highest BCUT2D eigenvalue weighted by molar-refractivity contribution is 5.88. The maximum atomic E-state index is 10.0. The van der Waals surface area contributed by atoms with Crippen molar-refractivity contribution in [3.63, 3.8) is 0 Å². The Morgan fingerprint density at radius 3 is 2.51 bits per heavy atom.